The van der Waals surface area contributed by atoms with Gasteiger partial charge >= 0.3 is 0 Å². The predicted octanol–water partition coefficient (Wildman–Crippen LogP) is 4.07. The second kappa shape index (κ2) is 5.97. The molecule has 0 spiro atoms. The van der Waals surface area contributed by atoms with Crippen molar-refractivity contribution in [1.82, 2.24) is 9.97 Å². The number of benzene rings is 1. The fourth-order valence-electron chi connectivity index (χ4n) is 1.69. The molecule has 0 atom stereocenters. The summed E-state index contributed by atoms with van der Waals surface area (Å²) in [4.78, 5) is 8.72. The standard InChI is InChI=1S/C14H15ClFN3/c1-3-6-17-14-18-9(2)7-13(19-14)10-4-5-12(16)11(15)8-10/h4-5,7-8H,3,6H2,1-2H3,(H,17,18,19). The van der Waals surface area contributed by atoms with Crippen molar-refractivity contribution in [3.8, 4) is 11.3 Å². The number of nitrogens with one attached hydrogen (secondary N) is 1. The van der Waals surface area contributed by atoms with Crippen molar-refractivity contribution < 1.29 is 4.39 Å². The summed E-state index contributed by atoms with van der Waals surface area (Å²) in [6.45, 7) is 4.78. The van der Waals surface area contributed by atoms with Gasteiger partial charge in [0.2, 0.25) is 5.95 Å². The van der Waals surface area contributed by atoms with E-state index in [-0.39, 0.29) is 5.02 Å². The number of rotatable bonds is 4. The molecular formula is C14H15ClFN3. The lowest BCUT2D eigenvalue weighted by molar-refractivity contribution is 0.628. The van der Waals surface area contributed by atoms with Crippen LogP contribution in [0, 0.1) is 12.7 Å². The normalized spacial score (nSPS) is 10.5. The maximum atomic E-state index is 13.2. The third-order valence-corrected chi connectivity index (χ3v) is 2.89. The summed E-state index contributed by atoms with van der Waals surface area (Å²) in [7, 11) is 0. The quantitative estimate of drug-likeness (QED) is 0.917. The first-order valence-electron chi connectivity index (χ1n) is 6.15. The average Bonchev–Trinajstić information content (AvgIpc) is 2.39. The average molecular weight is 280 g/mol. The molecule has 1 heterocycles. The van der Waals surface area contributed by atoms with E-state index in [1.165, 1.54) is 6.07 Å². The minimum Gasteiger partial charge on any atom is -0.354 e. The fraction of sp³-hybridized carbons (Fsp3) is 0.286. The molecule has 2 rings (SSSR count). The van der Waals surface area contributed by atoms with E-state index in [1.54, 1.807) is 12.1 Å². The predicted molar refractivity (Wildman–Crippen MR) is 76.0 cm³/mol. The van der Waals surface area contributed by atoms with Crippen LogP contribution in [0.1, 0.15) is 19.0 Å². The molecule has 3 nitrogen and oxygen atoms in total. The molecule has 0 saturated carbocycles. The molecule has 100 valence electrons. The summed E-state index contributed by atoms with van der Waals surface area (Å²) in [6.07, 6.45) is 0.995. The van der Waals surface area contributed by atoms with Gasteiger partial charge in [-0.3, -0.25) is 0 Å². The summed E-state index contributed by atoms with van der Waals surface area (Å²) in [5.74, 6) is 0.151. The highest BCUT2D eigenvalue weighted by Crippen LogP contribution is 2.24. The second-order valence-corrected chi connectivity index (χ2v) is 4.68. The number of aromatic nitrogens is 2. The maximum Gasteiger partial charge on any atom is 0.223 e. The minimum absolute atomic E-state index is 0.0943. The fourth-order valence-corrected chi connectivity index (χ4v) is 1.87. The van der Waals surface area contributed by atoms with Crippen LogP contribution in [0.2, 0.25) is 5.02 Å². The van der Waals surface area contributed by atoms with Gasteiger partial charge < -0.3 is 5.32 Å². The van der Waals surface area contributed by atoms with Crippen molar-refractivity contribution in [3.05, 3.63) is 40.8 Å². The number of aryl methyl sites for hydroxylation is 1. The summed E-state index contributed by atoms with van der Waals surface area (Å²) in [6, 6.07) is 6.42. The van der Waals surface area contributed by atoms with E-state index in [0.717, 1.165) is 29.9 Å². The van der Waals surface area contributed by atoms with E-state index in [1.807, 2.05) is 13.0 Å². The zero-order valence-electron chi connectivity index (χ0n) is 10.9. The molecule has 19 heavy (non-hydrogen) atoms. The maximum absolute atomic E-state index is 13.2. The second-order valence-electron chi connectivity index (χ2n) is 4.27. The zero-order chi connectivity index (χ0) is 13.8. The summed E-state index contributed by atoms with van der Waals surface area (Å²) in [5.41, 5.74) is 2.36. The van der Waals surface area contributed by atoms with Gasteiger partial charge in [0.15, 0.2) is 0 Å². The Hall–Kier alpha value is -1.68. The molecule has 0 radical (unpaired) electrons. The number of halogens is 2. The highest BCUT2D eigenvalue weighted by molar-refractivity contribution is 6.31. The highest BCUT2D eigenvalue weighted by atomic mass is 35.5. The molecule has 0 amide bonds. The van der Waals surface area contributed by atoms with Crippen molar-refractivity contribution in [1.29, 1.82) is 0 Å². The molecule has 1 N–H and O–H groups in total. The Morgan fingerprint density at radius 2 is 2.05 bits per heavy atom. The molecule has 0 unspecified atom stereocenters. The Kier molecular flexibility index (Phi) is 4.32. The number of anilines is 1. The molecule has 0 fully saturated rings. The molecule has 0 bridgehead atoms. The van der Waals surface area contributed by atoms with Gasteiger partial charge in [-0.15, -0.1) is 0 Å². The van der Waals surface area contributed by atoms with Gasteiger partial charge in [0.05, 0.1) is 10.7 Å². The van der Waals surface area contributed by atoms with Crippen LogP contribution in [0.5, 0.6) is 0 Å². The van der Waals surface area contributed by atoms with Gasteiger partial charge in [-0.05, 0) is 37.6 Å². The van der Waals surface area contributed by atoms with E-state index in [9.17, 15) is 4.39 Å². The van der Waals surface area contributed by atoms with Crippen LogP contribution in [-0.4, -0.2) is 16.5 Å². The molecule has 0 aliphatic carbocycles. The van der Waals surface area contributed by atoms with E-state index >= 15 is 0 Å². The smallest absolute Gasteiger partial charge is 0.223 e. The van der Waals surface area contributed by atoms with Gasteiger partial charge in [0.1, 0.15) is 5.82 Å². The number of nitrogens with zero attached hydrogens (tertiary/aromatic N) is 2. The van der Waals surface area contributed by atoms with Crippen LogP contribution in [0.25, 0.3) is 11.3 Å². The topological polar surface area (TPSA) is 37.8 Å². The third-order valence-electron chi connectivity index (χ3n) is 2.60. The molecule has 1 aromatic heterocycles. The van der Waals surface area contributed by atoms with Crippen molar-refractivity contribution in [2.45, 2.75) is 20.3 Å². The Labute approximate surface area is 116 Å². The van der Waals surface area contributed by atoms with Crippen LogP contribution in [0.3, 0.4) is 0 Å². The largest absolute Gasteiger partial charge is 0.354 e. The minimum atomic E-state index is -0.430. The Morgan fingerprint density at radius 1 is 1.26 bits per heavy atom. The summed E-state index contributed by atoms with van der Waals surface area (Å²) >= 11 is 5.79. The molecule has 0 aliphatic rings. The molecular weight excluding hydrogens is 265 g/mol. The van der Waals surface area contributed by atoms with Crippen molar-refractivity contribution >= 4 is 17.5 Å². The van der Waals surface area contributed by atoms with Gasteiger partial charge in [-0.1, -0.05) is 18.5 Å². The number of hydrogen-bond donors (Lipinski definition) is 1. The SMILES string of the molecule is CCCNc1nc(C)cc(-c2ccc(F)c(Cl)c2)n1. The Bertz CT molecular complexity index is 587. The Balaban J connectivity index is 2.37. The van der Waals surface area contributed by atoms with Gasteiger partial charge in [-0.25, -0.2) is 14.4 Å². The lowest BCUT2D eigenvalue weighted by atomic mass is 10.1. The van der Waals surface area contributed by atoms with Crippen molar-refractivity contribution in [2.75, 3.05) is 11.9 Å². The lowest BCUT2D eigenvalue weighted by Crippen LogP contribution is -2.05. The third kappa shape index (κ3) is 3.41. The molecule has 0 saturated heterocycles. The first-order chi connectivity index (χ1) is 9.10. The van der Waals surface area contributed by atoms with E-state index in [0.29, 0.717) is 5.95 Å². The van der Waals surface area contributed by atoms with E-state index < -0.39 is 5.82 Å². The molecule has 0 aliphatic heterocycles. The molecule has 5 heteroatoms. The van der Waals surface area contributed by atoms with Crippen LogP contribution in [-0.2, 0) is 0 Å². The monoisotopic (exact) mass is 279 g/mol. The zero-order valence-corrected chi connectivity index (χ0v) is 11.6. The van der Waals surface area contributed by atoms with Crippen LogP contribution < -0.4 is 5.32 Å². The lowest BCUT2D eigenvalue weighted by Gasteiger charge is -2.08. The Morgan fingerprint density at radius 3 is 2.74 bits per heavy atom. The van der Waals surface area contributed by atoms with Gasteiger partial charge in [0.25, 0.3) is 0 Å². The van der Waals surface area contributed by atoms with E-state index in [4.69, 9.17) is 11.6 Å². The highest BCUT2D eigenvalue weighted by Gasteiger charge is 2.07. The first-order valence-corrected chi connectivity index (χ1v) is 6.53. The van der Waals surface area contributed by atoms with Crippen LogP contribution >= 0.6 is 11.6 Å². The van der Waals surface area contributed by atoms with Crippen molar-refractivity contribution in [3.63, 3.8) is 0 Å². The first kappa shape index (κ1) is 13.7. The van der Waals surface area contributed by atoms with Crippen molar-refractivity contribution in [2.24, 2.45) is 0 Å². The molecule has 1 aromatic carbocycles. The summed E-state index contributed by atoms with van der Waals surface area (Å²) in [5, 5.41) is 3.24. The van der Waals surface area contributed by atoms with E-state index in [2.05, 4.69) is 22.2 Å². The van der Waals surface area contributed by atoms with Crippen LogP contribution in [0.4, 0.5) is 10.3 Å². The van der Waals surface area contributed by atoms with Crippen LogP contribution in [0.15, 0.2) is 24.3 Å². The number of hydrogen-bond acceptors (Lipinski definition) is 3. The van der Waals surface area contributed by atoms with Gasteiger partial charge in [0, 0.05) is 17.8 Å². The summed E-state index contributed by atoms with van der Waals surface area (Å²) < 4.78 is 13.2. The molecule has 2 aromatic rings. The van der Waals surface area contributed by atoms with Gasteiger partial charge in [-0.2, -0.15) is 0 Å².